The summed E-state index contributed by atoms with van der Waals surface area (Å²) in [6.45, 7) is 0. The maximum absolute atomic E-state index is 12.8. The lowest BCUT2D eigenvalue weighted by atomic mass is 9.97. The zero-order valence-electron chi connectivity index (χ0n) is 16.9. The third kappa shape index (κ3) is 3.11. The quantitative estimate of drug-likeness (QED) is 0.621. The smallest absolute Gasteiger partial charge is 0.333 e. The number of benzene rings is 1. The summed E-state index contributed by atoms with van der Waals surface area (Å²) >= 11 is 1.38. The topological polar surface area (TPSA) is 117 Å². The van der Waals surface area contributed by atoms with Gasteiger partial charge in [-0.25, -0.2) is 14.5 Å². The Hall–Kier alpha value is -3.34. The van der Waals surface area contributed by atoms with Crippen molar-refractivity contribution < 1.29 is 9.84 Å². The number of methoxy groups -OCH3 is 1. The fraction of sp³-hybridized carbons (Fsp3) is 0.316. The van der Waals surface area contributed by atoms with Gasteiger partial charge in [-0.3, -0.25) is 13.9 Å². The first-order valence-electron chi connectivity index (χ1n) is 9.07. The van der Waals surface area contributed by atoms with Crippen LogP contribution in [0, 0.1) is 0 Å². The Morgan fingerprint density at radius 1 is 1.17 bits per heavy atom. The molecule has 1 atom stereocenters. The molecule has 0 aliphatic carbocycles. The fourth-order valence-corrected chi connectivity index (χ4v) is 3.78. The van der Waals surface area contributed by atoms with E-state index < -0.39 is 17.1 Å². The van der Waals surface area contributed by atoms with Crippen molar-refractivity contribution >= 4 is 23.4 Å². The van der Waals surface area contributed by atoms with E-state index in [1.165, 1.54) is 25.9 Å². The second kappa shape index (κ2) is 7.48. The number of aliphatic imine (C=N–C) groups is 1. The van der Waals surface area contributed by atoms with E-state index in [1.54, 1.807) is 11.8 Å². The zero-order chi connectivity index (χ0) is 21.6. The molecule has 0 saturated heterocycles. The van der Waals surface area contributed by atoms with Crippen LogP contribution in [0.1, 0.15) is 23.6 Å². The van der Waals surface area contributed by atoms with Crippen molar-refractivity contribution in [3.8, 4) is 11.6 Å². The minimum absolute atomic E-state index is 0.0157. The van der Waals surface area contributed by atoms with E-state index in [2.05, 4.69) is 15.1 Å². The Morgan fingerprint density at radius 3 is 2.50 bits per heavy atom. The summed E-state index contributed by atoms with van der Waals surface area (Å²) in [4.78, 5) is 33.9. The van der Waals surface area contributed by atoms with Crippen LogP contribution in [0.15, 0.2) is 44.0 Å². The largest absolute Gasteiger partial charge is 0.497 e. The second-order valence-electron chi connectivity index (χ2n) is 6.80. The van der Waals surface area contributed by atoms with Crippen LogP contribution < -0.4 is 16.0 Å². The Kier molecular flexibility index (Phi) is 4.98. The normalized spacial score (nSPS) is 15.6. The van der Waals surface area contributed by atoms with Gasteiger partial charge in [-0.1, -0.05) is 23.9 Å². The molecule has 0 amide bonds. The number of hydrogen-bond acceptors (Lipinski definition) is 8. The Bertz CT molecular complexity index is 1270. The van der Waals surface area contributed by atoms with E-state index in [9.17, 15) is 14.7 Å². The minimum Gasteiger partial charge on any atom is -0.497 e. The average molecular weight is 428 g/mol. The van der Waals surface area contributed by atoms with E-state index in [1.807, 2.05) is 30.5 Å². The number of ether oxygens (including phenoxy) is 1. The van der Waals surface area contributed by atoms with E-state index in [0.717, 1.165) is 20.4 Å². The van der Waals surface area contributed by atoms with Crippen molar-refractivity contribution in [1.82, 2.24) is 23.9 Å². The van der Waals surface area contributed by atoms with Crippen molar-refractivity contribution in [3.05, 3.63) is 56.2 Å². The third-order valence-electron chi connectivity index (χ3n) is 5.12. The summed E-state index contributed by atoms with van der Waals surface area (Å²) in [5, 5.41) is 15.6. The van der Waals surface area contributed by atoms with Crippen LogP contribution in [0.4, 0.5) is 5.95 Å². The lowest BCUT2D eigenvalue weighted by Crippen LogP contribution is -2.40. The van der Waals surface area contributed by atoms with Crippen LogP contribution in [-0.2, 0) is 14.1 Å². The highest BCUT2D eigenvalue weighted by molar-refractivity contribution is 7.98. The molecule has 11 heteroatoms. The first kappa shape index (κ1) is 20.0. The molecular formula is C19H20N6O4S. The van der Waals surface area contributed by atoms with Crippen molar-refractivity contribution in [3.63, 3.8) is 0 Å². The van der Waals surface area contributed by atoms with Gasteiger partial charge < -0.3 is 9.84 Å². The van der Waals surface area contributed by atoms with Crippen LogP contribution >= 0.6 is 11.8 Å². The lowest BCUT2D eigenvalue weighted by molar-refractivity contribution is 0.409. The maximum atomic E-state index is 12.8. The number of rotatable bonds is 4. The van der Waals surface area contributed by atoms with Gasteiger partial charge in [-0.15, -0.1) is 5.10 Å². The number of aromatic hydroxyl groups is 1. The van der Waals surface area contributed by atoms with E-state index in [-0.39, 0.29) is 18.0 Å². The molecular weight excluding hydrogens is 408 g/mol. The SMILES string of the molecule is COc1ccc([C@H]2CC(c3c(O)n(C)c(=O)n(C)c3=O)=Nc3nc(SC)nn32)cc1. The number of thioether (sulfide) groups is 1. The molecule has 4 rings (SSSR count). The number of hydrogen-bond donors (Lipinski definition) is 1. The van der Waals surface area contributed by atoms with Crippen molar-refractivity contribution in [2.45, 2.75) is 17.6 Å². The van der Waals surface area contributed by atoms with Crippen molar-refractivity contribution in [2.75, 3.05) is 13.4 Å². The number of fused-ring (bicyclic) bond motifs is 1. The molecule has 30 heavy (non-hydrogen) atoms. The van der Waals surface area contributed by atoms with Gasteiger partial charge in [-0.2, -0.15) is 4.98 Å². The van der Waals surface area contributed by atoms with E-state index in [0.29, 0.717) is 16.8 Å². The highest BCUT2D eigenvalue weighted by atomic mass is 32.2. The highest BCUT2D eigenvalue weighted by Crippen LogP contribution is 2.35. The summed E-state index contributed by atoms with van der Waals surface area (Å²) in [6.07, 6.45) is 2.15. The molecule has 1 aromatic carbocycles. The molecule has 3 aromatic rings. The molecule has 156 valence electrons. The molecule has 0 fully saturated rings. The third-order valence-corrected chi connectivity index (χ3v) is 5.65. The first-order valence-corrected chi connectivity index (χ1v) is 10.3. The minimum atomic E-state index is -0.614. The summed E-state index contributed by atoms with van der Waals surface area (Å²) in [5.41, 5.74) is 0.0244. The standard InChI is InChI=1S/C19H20N6O4S/c1-23-15(26)14(16(27)24(2)19(23)28)12-9-13(10-5-7-11(29-3)8-6-10)25-17(20-12)21-18(22-25)30-4/h5-8,13,26H,9H2,1-4H3/t13-/m1/s1. The fourth-order valence-electron chi connectivity index (χ4n) is 3.43. The van der Waals surface area contributed by atoms with Crippen LogP contribution in [0.25, 0.3) is 0 Å². The molecule has 1 aliphatic heterocycles. The van der Waals surface area contributed by atoms with Gasteiger partial charge in [-0.05, 0) is 24.0 Å². The average Bonchev–Trinajstić information content (AvgIpc) is 3.19. The maximum Gasteiger partial charge on any atom is 0.333 e. The molecule has 10 nitrogen and oxygen atoms in total. The van der Waals surface area contributed by atoms with Crippen LogP contribution in [0.5, 0.6) is 11.6 Å². The highest BCUT2D eigenvalue weighted by Gasteiger charge is 2.31. The van der Waals surface area contributed by atoms with E-state index in [4.69, 9.17) is 4.74 Å². The molecule has 2 aromatic heterocycles. The Balaban J connectivity index is 1.91. The van der Waals surface area contributed by atoms with Crippen LogP contribution in [0.3, 0.4) is 0 Å². The number of nitrogens with zero attached hydrogens (tertiary/aromatic N) is 6. The van der Waals surface area contributed by atoms with Crippen molar-refractivity contribution in [1.29, 1.82) is 0 Å². The molecule has 3 heterocycles. The Labute approximate surface area is 175 Å². The zero-order valence-corrected chi connectivity index (χ0v) is 17.7. The summed E-state index contributed by atoms with van der Waals surface area (Å²) in [6, 6.07) is 7.21. The first-order chi connectivity index (χ1) is 14.3. The van der Waals surface area contributed by atoms with E-state index >= 15 is 0 Å². The Morgan fingerprint density at radius 2 is 1.87 bits per heavy atom. The predicted molar refractivity (Wildman–Crippen MR) is 112 cm³/mol. The summed E-state index contributed by atoms with van der Waals surface area (Å²) in [5.74, 6) is 0.627. The van der Waals surface area contributed by atoms with Crippen LogP contribution in [-0.4, -0.2) is 48.1 Å². The van der Waals surface area contributed by atoms with Gasteiger partial charge in [0.15, 0.2) is 0 Å². The molecule has 0 bridgehead atoms. The lowest BCUT2D eigenvalue weighted by Gasteiger charge is -2.24. The van der Waals surface area contributed by atoms with Crippen molar-refractivity contribution in [2.24, 2.45) is 19.1 Å². The molecule has 1 aliphatic rings. The predicted octanol–water partition coefficient (Wildman–Crippen LogP) is 1.23. The van der Waals surface area contributed by atoms with Gasteiger partial charge in [0.1, 0.15) is 11.3 Å². The molecule has 0 radical (unpaired) electrons. The molecule has 1 N–H and O–H groups in total. The van der Waals surface area contributed by atoms with Gasteiger partial charge in [0.25, 0.3) is 5.56 Å². The molecule has 0 saturated carbocycles. The second-order valence-corrected chi connectivity index (χ2v) is 7.57. The molecule has 0 spiro atoms. The van der Waals surface area contributed by atoms with Gasteiger partial charge >= 0.3 is 5.69 Å². The number of aromatic nitrogens is 5. The van der Waals surface area contributed by atoms with Gasteiger partial charge in [0.05, 0.1) is 18.9 Å². The summed E-state index contributed by atoms with van der Waals surface area (Å²) < 4.78 is 8.92. The van der Waals surface area contributed by atoms with Crippen LogP contribution in [0.2, 0.25) is 0 Å². The molecule has 0 unspecified atom stereocenters. The monoisotopic (exact) mass is 428 g/mol. The van der Waals surface area contributed by atoms with Gasteiger partial charge in [0.2, 0.25) is 17.0 Å². The summed E-state index contributed by atoms with van der Waals surface area (Å²) in [7, 11) is 4.37. The van der Waals surface area contributed by atoms with Gasteiger partial charge in [0, 0.05) is 20.5 Å².